The van der Waals surface area contributed by atoms with Gasteiger partial charge in [0.05, 0.1) is 0 Å². The van der Waals surface area contributed by atoms with E-state index in [9.17, 15) is 4.79 Å². The van der Waals surface area contributed by atoms with Crippen LogP contribution in [0.5, 0.6) is 0 Å². The third-order valence-electron chi connectivity index (χ3n) is 3.03. The first kappa shape index (κ1) is 9.52. The van der Waals surface area contributed by atoms with E-state index in [1.54, 1.807) is 0 Å². The van der Waals surface area contributed by atoms with Crippen LogP contribution in [0.4, 0.5) is 0 Å². The molecule has 1 heterocycles. The summed E-state index contributed by atoms with van der Waals surface area (Å²) in [6, 6.07) is 0.413. The molecule has 1 fully saturated rings. The maximum Gasteiger partial charge on any atom is 0.303 e. The minimum absolute atomic E-state index is 0.312. The quantitative estimate of drug-likeness (QED) is 0.675. The number of hydrogen-bond acceptors (Lipinski definition) is 2. The van der Waals surface area contributed by atoms with Crippen LogP contribution >= 0.6 is 0 Å². The summed E-state index contributed by atoms with van der Waals surface area (Å²) in [7, 11) is 2.06. The Kier molecular flexibility index (Phi) is 2.73. The summed E-state index contributed by atoms with van der Waals surface area (Å²) in [5, 5.41) is 8.68. The molecule has 1 aliphatic rings. The van der Waals surface area contributed by atoms with Crippen molar-refractivity contribution in [2.45, 2.75) is 26.3 Å². The van der Waals surface area contributed by atoms with Gasteiger partial charge >= 0.3 is 5.97 Å². The van der Waals surface area contributed by atoms with Crippen molar-refractivity contribution in [1.29, 1.82) is 0 Å². The highest BCUT2D eigenvalue weighted by molar-refractivity contribution is 5.67. The summed E-state index contributed by atoms with van der Waals surface area (Å²) in [6.07, 6.45) is 0.312. The van der Waals surface area contributed by atoms with E-state index in [0.29, 0.717) is 24.3 Å². The van der Waals surface area contributed by atoms with Crippen LogP contribution in [-0.2, 0) is 4.79 Å². The van der Waals surface area contributed by atoms with Gasteiger partial charge in [0.25, 0.3) is 0 Å². The van der Waals surface area contributed by atoms with Gasteiger partial charge in [-0.1, -0.05) is 6.92 Å². The van der Waals surface area contributed by atoms with E-state index in [4.69, 9.17) is 5.11 Å². The number of hydrogen-bond donors (Lipinski definition) is 1. The van der Waals surface area contributed by atoms with E-state index in [1.807, 2.05) is 0 Å². The first-order valence-electron chi connectivity index (χ1n) is 4.44. The van der Waals surface area contributed by atoms with Gasteiger partial charge in [-0.25, -0.2) is 0 Å². The van der Waals surface area contributed by atoms with E-state index in [1.165, 1.54) is 0 Å². The van der Waals surface area contributed by atoms with Gasteiger partial charge < -0.3 is 10.0 Å². The monoisotopic (exact) mass is 171 g/mol. The number of carboxylic acid groups (broad SMARTS) is 1. The average molecular weight is 171 g/mol. The third-order valence-corrected chi connectivity index (χ3v) is 3.03. The highest BCUT2D eigenvalue weighted by Crippen LogP contribution is 2.30. The second-order valence-electron chi connectivity index (χ2n) is 3.92. The molecule has 1 saturated heterocycles. The fraction of sp³-hybridized carbons (Fsp3) is 0.889. The highest BCUT2D eigenvalue weighted by atomic mass is 16.4. The molecule has 70 valence electrons. The largest absolute Gasteiger partial charge is 0.481 e. The summed E-state index contributed by atoms with van der Waals surface area (Å²) in [5.74, 6) is 0.169. The van der Waals surface area contributed by atoms with Crippen LogP contribution in [0, 0.1) is 11.8 Å². The molecule has 1 rings (SSSR count). The molecule has 0 spiro atoms. The van der Waals surface area contributed by atoms with Crippen molar-refractivity contribution < 1.29 is 9.90 Å². The number of carbonyl (C=O) groups is 1. The Morgan fingerprint density at radius 1 is 1.58 bits per heavy atom. The fourth-order valence-corrected chi connectivity index (χ4v) is 2.13. The minimum atomic E-state index is -0.672. The van der Waals surface area contributed by atoms with E-state index in [0.717, 1.165) is 6.54 Å². The van der Waals surface area contributed by atoms with E-state index < -0.39 is 5.97 Å². The first-order valence-corrected chi connectivity index (χ1v) is 4.44. The van der Waals surface area contributed by atoms with Gasteiger partial charge in [-0.05, 0) is 25.8 Å². The predicted octanol–water partition coefficient (Wildman–Crippen LogP) is 1.05. The molecule has 3 atom stereocenters. The van der Waals surface area contributed by atoms with Crippen LogP contribution in [-0.4, -0.2) is 35.6 Å². The lowest BCUT2D eigenvalue weighted by Crippen LogP contribution is -2.27. The minimum Gasteiger partial charge on any atom is -0.481 e. The van der Waals surface area contributed by atoms with E-state index in [-0.39, 0.29) is 0 Å². The Hall–Kier alpha value is -0.570. The lowest BCUT2D eigenvalue weighted by atomic mass is 9.90. The van der Waals surface area contributed by atoms with Crippen molar-refractivity contribution >= 4 is 5.97 Å². The van der Waals surface area contributed by atoms with Crippen molar-refractivity contribution in [3.05, 3.63) is 0 Å². The zero-order valence-corrected chi connectivity index (χ0v) is 7.95. The van der Waals surface area contributed by atoms with Crippen molar-refractivity contribution in [3.63, 3.8) is 0 Å². The second kappa shape index (κ2) is 3.44. The van der Waals surface area contributed by atoms with Crippen molar-refractivity contribution in [2.24, 2.45) is 11.8 Å². The first-order chi connectivity index (χ1) is 5.52. The summed E-state index contributed by atoms with van der Waals surface area (Å²) < 4.78 is 0. The second-order valence-corrected chi connectivity index (χ2v) is 3.92. The van der Waals surface area contributed by atoms with Crippen molar-refractivity contribution in [2.75, 3.05) is 13.6 Å². The Morgan fingerprint density at radius 2 is 2.17 bits per heavy atom. The van der Waals surface area contributed by atoms with Crippen LogP contribution in [0.15, 0.2) is 0 Å². The van der Waals surface area contributed by atoms with Gasteiger partial charge in [0, 0.05) is 19.0 Å². The SMILES string of the molecule is CC1CN(C)C(C)C1CC(=O)O. The average Bonchev–Trinajstić information content (AvgIpc) is 2.16. The van der Waals surface area contributed by atoms with Gasteiger partial charge in [0.2, 0.25) is 0 Å². The molecular weight excluding hydrogens is 154 g/mol. The molecule has 3 heteroatoms. The maximum absolute atomic E-state index is 10.5. The number of carboxylic acids is 1. The van der Waals surface area contributed by atoms with Crippen LogP contribution < -0.4 is 0 Å². The fourth-order valence-electron chi connectivity index (χ4n) is 2.13. The number of rotatable bonds is 2. The summed E-state index contributed by atoms with van der Waals surface area (Å²) >= 11 is 0. The standard InChI is InChI=1S/C9H17NO2/c1-6-5-10(3)7(2)8(6)4-9(11)12/h6-8H,4-5H2,1-3H3,(H,11,12). The number of likely N-dealkylation sites (tertiary alicyclic amines) is 1. The Balaban J connectivity index is 2.57. The van der Waals surface area contributed by atoms with E-state index >= 15 is 0 Å². The van der Waals surface area contributed by atoms with E-state index in [2.05, 4.69) is 25.8 Å². The zero-order chi connectivity index (χ0) is 9.30. The molecule has 0 amide bonds. The van der Waals surface area contributed by atoms with Crippen molar-refractivity contribution in [3.8, 4) is 0 Å². The zero-order valence-electron chi connectivity index (χ0n) is 7.95. The van der Waals surface area contributed by atoms with Crippen LogP contribution in [0.25, 0.3) is 0 Å². The van der Waals surface area contributed by atoms with Gasteiger partial charge in [-0.3, -0.25) is 4.79 Å². The lowest BCUT2D eigenvalue weighted by molar-refractivity contribution is -0.138. The molecule has 0 aliphatic carbocycles. The maximum atomic E-state index is 10.5. The molecule has 0 bridgehead atoms. The number of aliphatic carboxylic acids is 1. The molecule has 0 radical (unpaired) electrons. The topological polar surface area (TPSA) is 40.5 Å². The summed E-state index contributed by atoms with van der Waals surface area (Å²) in [6.45, 7) is 5.27. The van der Waals surface area contributed by atoms with Gasteiger partial charge in [-0.2, -0.15) is 0 Å². The Labute approximate surface area is 73.4 Å². The molecule has 1 aliphatic heterocycles. The molecule has 0 aromatic rings. The smallest absolute Gasteiger partial charge is 0.303 e. The van der Waals surface area contributed by atoms with Crippen molar-refractivity contribution in [1.82, 2.24) is 4.90 Å². The van der Waals surface area contributed by atoms with Gasteiger partial charge in [0.15, 0.2) is 0 Å². The van der Waals surface area contributed by atoms with Gasteiger partial charge in [0.1, 0.15) is 0 Å². The molecule has 0 aromatic carbocycles. The molecule has 0 saturated carbocycles. The molecule has 3 nitrogen and oxygen atoms in total. The molecular formula is C9H17NO2. The Bertz CT molecular complexity index is 181. The highest BCUT2D eigenvalue weighted by Gasteiger charge is 2.35. The van der Waals surface area contributed by atoms with Gasteiger partial charge in [-0.15, -0.1) is 0 Å². The normalized spacial score (nSPS) is 37.1. The van der Waals surface area contributed by atoms with Crippen LogP contribution in [0.2, 0.25) is 0 Å². The number of nitrogens with zero attached hydrogens (tertiary/aromatic N) is 1. The third kappa shape index (κ3) is 1.78. The molecule has 0 aromatic heterocycles. The van der Waals surface area contributed by atoms with Crippen LogP contribution in [0.1, 0.15) is 20.3 Å². The molecule has 3 unspecified atom stereocenters. The Morgan fingerprint density at radius 3 is 2.50 bits per heavy atom. The van der Waals surface area contributed by atoms with Crippen LogP contribution in [0.3, 0.4) is 0 Å². The molecule has 12 heavy (non-hydrogen) atoms. The lowest BCUT2D eigenvalue weighted by Gasteiger charge is -2.19. The predicted molar refractivity (Wildman–Crippen MR) is 47.0 cm³/mol. The molecule has 1 N–H and O–H groups in total. The summed E-state index contributed by atoms with van der Waals surface area (Å²) in [4.78, 5) is 12.8. The summed E-state index contributed by atoms with van der Waals surface area (Å²) in [5.41, 5.74) is 0.